The van der Waals surface area contributed by atoms with Crippen LogP contribution in [-0.4, -0.2) is 35.7 Å². The second-order valence-corrected chi connectivity index (χ2v) is 6.42. The van der Waals surface area contributed by atoms with Crippen molar-refractivity contribution in [3.8, 4) is 0 Å². The minimum atomic E-state index is -0.0823. The van der Waals surface area contributed by atoms with Gasteiger partial charge in [-0.15, -0.1) is 0 Å². The second-order valence-electron chi connectivity index (χ2n) is 6.42. The summed E-state index contributed by atoms with van der Waals surface area (Å²) in [5, 5.41) is 12.0. The standard InChI is InChI=1S/C20H24N2O2/c23-15-18-13-22(14-18)20(24)21-19-11-5-10-17(12-19)9-4-8-16-6-2-1-3-7-16/h1-3,5-7,10-12,18,23H,4,8-9,13-15H2,(H,21,24). The monoisotopic (exact) mass is 324 g/mol. The van der Waals surface area contributed by atoms with Gasteiger partial charge in [-0.2, -0.15) is 0 Å². The summed E-state index contributed by atoms with van der Waals surface area (Å²) in [6.45, 7) is 1.43. The van der Waals surface area contributed by atoms with Gasteiger partial charge in [-0.3, -0.25) is 0 Å². The van der Waals surface area contributed by atoms with E-state index in [1.54, 1.807) is 4.90 Å². The van der Waals surface area contributed by atoms with E-state index in [1.165, 1.54) is 11.1 Å². The minimum absolute atomic E-state index is 0.0823. The van der Waals surface area contributed by atoms with Crippen molar-refractivity contribution < 1.29 is 9.90 Å². The molecule has 1 saturated heterocycles. The summed E-state index contributed by atoms with van der Waals surface area (Å²) in [5.74, 6) is 0.236. The van der Waals surface area contributed by atoms with Crippen molar-refractivity contribution in [1.82, 2.24) is 4.90 Å². The molecule has 126 valence electrons. The third-order valence-electron chi connectivity index (χ3n) is 4.45. The zero-order valence-electron chi connectivity index (χ0n) is 13.8. The largest absolute Gasteiger partial charge is 0.396 e. The molecule has 0 bridgehead atoms. The van der Waals surface area contributed by atoms with Crippen LogP contribution in [-0.2, 0) is 12.8 Å². The molecule has 2 N–H and O–H groups in total. The van der Waals surface area contributed by atoms with Crippen LogP contribution in [0.1, 0.15) is 17.5 Å². The van der Waals surface area contributed by atoms with E-state index in [0.717, 1.165) is 24.9 Å². The van der Waals surface area contributed by atoms with Gasteiger partial charge in [0.1, 0.15) is 0 Å². The molecular weight excluding hydrogens is 300 g/mol. The first-order valence-corrected chi connectivity index (χ1v) is 8.54. The van der Waals surface area contributed by atoms with Gasteiger partial charge in [0.25, 0.3) is 0 Å². The van der Waals surface area contributed by atoms with E-state index in [9.17, 15) is 4.79 Å². The van der Waals surface area contributed by atoms with Crippen molar-refractivity contribution in [1.29, 1.82) is 0 Å². The zero-order chi connectivity index (χ0) is 16.8. The number of hydrogen-bond acceptors (Lipinski definition) is 2. The van der Waals surface area contributed by atoms with E-state index < -0.39 is 0 Å². The van der Waals surface area contributed by atoms with Crippen molar-refractivity contribution in [2.45, 2.75) is 19.3 Å². The van der Waals surface area contributed by atoms with Gasteiger partial charge in [0.05, 0.1) is 0 Å². The van der Waals surface area contributed by atoms with Gasteiger partial charge >= 0.3 is 6.03 Å². The number of anilines is 1. The summed E-state index contributed by atoms with van der Waals surface area (Å²) in [5.41, 5.74) is 3.43. The average Bonchev–Trinajstić information content (AvgIpc) is 2.55. The van der Waals surface area contributed by atoms with E-state index >= 15 is 0 Å². The van der Waals surface area contributed by atoms with Crippen molar-refractivity contribution in [2.24, 2.45) is 5.92 Å². The third-order valence-corrected chi connectivity index (χ3v) is 4.45. The molecule has 0 spiro atoms. The molecule has 1 fully saturated rings. The second kappa shape index (κ2) is 7.97. The molecule has 4 nitrogen and oxygen atoms in total. The highest BCUT2D eigenvalue weighted by Crippen LogP contribution is 2.18. The number of aryl methyl sites for hydroxylation is 2. The number of carbonyl (C=O) groups excluding carboxylic acids is 1. The smallest absolute Gasteiger partial charge is 0.321 e. The molecule has 2 aromatic rings. The van der Waals surface area contributed by atoms with Crippen LogP contribution in [0.2, 0.25) is 0 Å². The van der Waals surface area contributed by atoms with E-state index in [1.807, 2.05) is 24.3 Å². The Balaban J connectivity index is 1.48. The molecule has 1 heterocycles. The SMILES string of the molecule is O=C(Nc1cccc(CCCc2ccccc2)c1)N1CC(CO)C1. The normalized spacial score (nSPS) is 14.3. The first-order chi connectivity index (χ1) is 11.7. The number of rotatable bonds is 6. The Kier molecular flexibility index (Phi) is 5.49. The number of likely N-dealkylation sites (tertiary alicyclic amines) is 1. The molecule has 2 amide bonds. The molecule has 1 aliphatic heterocycles. The molecule has 0 unspecified atom stereocenters. The first kappa shape index (κ1) is 16.5. The lowest BCUT2D eigenvalue weighted by Crippen LogP contribution is -2.52. The van der Waals surface area contributed by atoms with Crippen LogP contribution in [0.15, 0.2) is 54.6 Å². The first-order valence-electron chi connectivity index (χ1n) is 8.54. The van der Waals surface area contributed by atoms with Gasteiger partial charge < -0.3 is 15.3 Å². The lowest BCUT2D eigenvalue weighted by Gasteiger charge is -2.38. The topological polar surface area (TPSA) is 52.6 Å². The van der Waals surface area contributed by atoms with Crippen LogP contribution in [0.25, 0.3) is 0 Å². The van der Waals surface area contributed by atoms with Crippen molar-refractivity contribution in [3.63, 3.8) is 0 Å². The fourth-order valence-electron chi connectivity index (χ4n) is 3.00. The highest BCUT2D eigenvalue weighted by Gasteiger charge is 2.29. The van der Waals surface area contributed by atoms with Gasteiger partial charge in [-0.1, -0.05) is 42.5 Å². The highest BCUT2D eigenvalue weighted by molar-refractivity contribution is 5.89. The van der Waals surface area contributed by atoms with E-state index in [-0.39, 0.29) is 18.6 Å². The number of carbonyl (C=O) groups is 1. The number of nitrogens with one attached hydrogen (secondary N) is 1. The summed E-state index contributed by atoms with van der Waals surface area (Å²) in [6.07, 6.45) is 3.15. The Morgan fingerprint density at radius 3 is 2.50 bits per heavy atom. The van der Waals surface area contributed by atoms with Crippen LogP contribution in [0.3, 0.4) is 0 Å². The van der Waals surface area contributed by atoms with Crippen LogP contribution >= 0.6 is 0 Å². The molecule has 0 aromatic heterocycles. The number of aliphatic hydroxyl groups is 1. The minimum Gasteiger partial charge on any atom is -0.396 e. The summed E-state index contributed by atoms with van der Waals surface area (Å²) in [4.78, 5) is 13.8. The fraction of sp³-hybridized carbons (Fsp3) is 0.350. The Hall–Kier alpha value is -2.33. The fourth-order valence-corrected chi connectivity index (χ4v) is 3.00. The number of nitrogens with zero attached hydrogens (tertiary/aromatic N) is 1. The predicted octanol–water partition coefficient (Wildman–Crippen LogP) is 3.32. The van der Waals surface area contributed by atoms with Crippen LogP contribution < -0.4 is 5.32 Å². The number of hydrogen-bond donors (Lipinski definition) is 2. The summed E-state index contributed by atoms with van der Waals surface area (Å²) in [6, 6.07) is 18.5. The Bertz CT molecular complexity index is 666. The third kappa shape index (κ3) is 4.36. The number of amides is 2. The van der Waals surface area contributed by atoms with Gasteiger partial charge in [0, 0.05) is 31.3 Å². The number of urea groups is 1. The van der Waals surface area contributed by atoms with Gasteiger partial charge in [0.15, 0.2) is 0 Å². The predicted molar refractivity (Wildman–Crippen MR) is 96.1 cm³/mol. The lowest BCUT2D eigenvalue weighted by atomic mass is 10.0. The number of benzene rings is 2. The van der Waals surface area contributed by atoms with Crippen LogP contribution in [0.5, 0.6) is 0 Å². The quantitative estimate of drug-likeness (QED) is 0.856. The van der Waals surface area contributed by atoms with Gasteiger partial charge in [-0.25, -0.2) is 4.79 Å². The van der Waals surface area contributed by atoms with E-state index in [0.29, 0.717) is 13.1 Å². The molecular formula is C20H24N2O2. The maximum Gasteiger partial charge on any atom is 0.321 e. The molecule has 2 aromatic carbocycles. The van der Waals surface area contributed by atoms with E-state index in [2.05, 4.69) is 35.6 Å². The van der Waals surface area contributed by atoms with Gasteiger partial charge in [0.2, 0.25) is 0 Å². The maximum absolute atomic E-state index is 12.1. The molecule has 0 radical (unpaired) electrons. The van der Waals surface area contributed by atoms with Crippen LogP contribution in [0, 0.1) is 5.92 Å². The maximum atomic E-state index is 12.1. The summed E-state index contributed by atoms with van der Waals surface area (Å²) >= 11 is 0. The van der Waals surface area contributed by atoms with E-state index in [4.69, 9.17) is 5.11 Å². The van der Waals surface area contributed by atoms with Gasteiger partial charge in [-0.05, 0) is 42.5 Å². The Morgan fingerprint density at radius 1 is 1.04 bits per heavy atom. The summed E-state index contributed by atoms with van der Waals surface area (Å²) in [7, 11) is 0. The van der Waals surface area contributed by atoms with Crippen molar-refractivity contribution >= 4 is 11.7 Å². The lowest BCUT2D eigenvalue weighted by molar-refractivity contribution is 0.0838. The van der Waals surface area contributed by atoms with Crippen molar-refractivity contribution in [3.05, 3.63) is 65.7 Å². The van der Waals surface area contributed by atoms with Crippen LogP contribution in [0.4, 0.5) is 10.5 Å². The Morgan fingerprint density at radius 2 is 1.75 bits per heavy atom. The highest BCUT2D eigenvalue weighted by atomic mass is 16.3. The molecule has 0 atom stereocenters. The molecule has 1 aliphatic rings. The molecule has 3 rings (SSSR count). The average molecular weight is 324 g/mol. The molecule has 0 saturated carbocycles. The molecule has 4 heteroatoms. The molecule has 0 aliphatic carbocycles. The number of aliphatic hydroxyl groups excluding tert-OH is 1. The zero-order valence-corrected chi connectivity index (χ0v) is 13.8. The van der Waals surface area contributed by atoms with Crippen molar-refractivity contribution in [2.75, 3.05) is 25.0 Å². The molecule has 24 heavy (non-hydrogen) atoms. The summed E-state index contributed by atoms with van der Waals surface area (Å²) < 4.78 is 0. The Labute approximate surface area is 143 Å².